The number of anilines is 2. The Morgan fingerprint density at radius 1 is 0.977 bits per heavy atom. The lowest BCUT2D eigenvalue weighted by Gasteiger charge is -2.20. The average Bonchev–Trinajstić information content (AvgIpc) is 3.65. The van der Waals surface area contributed by atoms with E-state index in [0.29, 0.717) is 53.3 Å². The molecule has 0 aliphatic carbocycles. The predicted molar refractivity (Wildman–Crippen MR) is 168 cm³/mol. The summed E-state index contributed by atoms with van der Waals surface area (Å²) in [7, 11) is 1.32. The van der Waals surface area contributed by atoms with E-state index >= 15 is 0 Å². The van der Waals surface area contributed by atoms with Gasteiger partial charge in [-0.1, -0.05) is 50.2 Å². The highest BCUT2D eigenvalue weighted by atomic mass is 16.5. The molecule has 1 fully saturated rings. The molecule has 1 atom stereocenters. The van der Waals surface area contributed by atoms with Gasteiger partial charge in [0.1, 0.15) is 0 Å². The lowest BCUT2D eigenvalue weighted by atomic mass is 9.99. The molecule has 0 saturated carbocycles. The van der Waals surface area contributed by atoms with Crippen LogP contribution in [0.5, 0.6) is 0 Å². The zero-order chi connectivity index (χ0) is 30.3. The van der Waals surface area contributed by atoms with Crippen LogP contribution in [-0.2, 0) is 14.3 Å². The first-order valence-electron chi connectivity index (χ1n) is 14.8. The number of carbonyl (C=O) groups excluding carboxylic acids is 3. The number of likely N-dealkylation sites (N-methyl/N-ethyl adjacent to an activating group) is 1. The Morgan fingerprint density at radius 2 is 1.70 bits per heavy atom. The molecule has 1 saturated heterocycles. The molecule has 2 heterocycles. The SMILES string of the molecule is CCN(CC)CCOC1CCN(C(=O)c2ccc(N/C(=C3\C(=O)Nc4cc(C(=O)OC)ccc43)c3ccccc3)cc2)C1. The van der Waals surface area contributed by atoms with Crippen molar-refractivity contribution >= 4 is 40.4 Å². The average molecular weight is 583 g/mol. The fourth-order valence-electron chi connectivity index (χ4n) is 5.51. The fraction of sp³-hybridized carbons (Fsp3) is 0.324. The minimum absolute atomic E-state index is 0.0199. The van der Waals surface area contributed by atoms with Crippen LogP contribution in [0.25, 0.3) is 11.3 Å². The Bertz CT molecular complexity index is 1500. The van der Waals surface area contributed by atoms with Crippen LogP contribution in [0.1, 0.15) is 52.1 Å². The number of carbonyl (C=O) groups is 3. The Morgan fingerprint density at radius 3 is 2.40 bits per heavy atom. The first-order chi connectivity index (χ1) is 20.9. The molecule has 5 rings (SSSR count). The van der Waals surface area contributed by atoms with Gasteiger partial charge in [0.15, 0.2) is 0 Å². The van der Waals surface area contributed by atoms with Crippen LogP contribution in [0, 0.1) is 0 Å². The lowest BCUT2D eigenvalue weighted by Crippen LogP contribution is -2.32. The summed E-state index contributed by atoms with van der Waals surface area (Å²) in [6.45, 7) is 9.13. The number of likely N-dealkylation sites (tertiary alicyclic amines) is 1. The molecule has 0 bridgehead atoms. The van der Waals surface area contributed by atoms with Gasteiger partial charge < -0.3 is 29.9 Å². The first-order valence-corrected chi connectivity index (χ1v) is 14.8. The Hall–Kier alpha value is -4.47. The Kier molecular flexibility index (Phi) is 9.54. The summed E-state index contributed by atoms with van der Waals surface area (Å²) < 4.78 is 10.9. The number of nitrogens with one attached hydrogen (secondary N) is 2. The third-order valence-electron chi connectivity index (χ3n) is 7.99. The van der Waals surface area contributed by atoms with E-state index < -0.39 is 5.97 Å². The quantitative estimate of drug-likeness (QED) is 0.243. The molecule has 0 radical (unpaired) electrons. The molecule has 43 heavy (non-hydrogen) atoms. The van der Waals surface area contributed by atoms with Crippen LogP contribution in [0.3, 0.4) is 0 Å². The van der Waals surface area contributed by atoms with Crippen LogP contribution in [-0.4, -0.2) is 80.1 Å². The monoisotopic (exact) mass is 582 g/mol. The number of benzene rings is 3. The van der Waals surface area contributed by atoms with E-state index in [1.165, 1.54) is 7.11 Å². The largest absolute Gasteiger partial charge is 0.465 e. The number of ether oxygens (including phenoxy) is 2. The summed E-state index contributed by atoms with van der Waals surface area (Å²) in [6, 6.07) is 21.9. The topological polar surface area (TPSA) is 100 Å². The van der Waals surface area contributed by atoms with Gasteiger partial charge in [-0.15, -0.1) is 0 Å². The van der Waals surface area contributed by atoms with Crippen molar-refractivity contribution in [2.45, 2.75) is 26.4 Å². The number of hydrogen-bond donors (Lipinski definition) is 2. The molecule has 0 aromatic heterocycles. The summed E-state index contributed by atoms with van der Waals surface area (Å²) in [6.07, 6.45) is 0.895. The van der Waals surface area contributed by atoms with E-state index in [1.807, 2.05) is 47.4 Å². The summed E-state index contributed by atoms with van der Waals surface area (Å²) >= 11 is 0. The van der Waals surface area contributed by atoms with E-state index in [1.54, 1.807) is 30.3 Å². The van der Waals surface area contributed by atoms with Crippen molar-refractivity contribution in [1.29, 1.82) is 0 Å². The van der Waals surface area contributed by atoms with E-state index in [4.69, 9.17) is 9.47 Å². The van der Waals surface area contributed by atoms with E-state index in [-0.39, 0.29) is 17.9 Å². The molecular weight excluding hydrogens is 544 g/mol. The van der Waals surface area contributed by atoms with E-state index in [2.05, 4.69) is 29.4 Å². The van der Waals surface area contributed by atoms with Crippen LogP contribution in [0.15, 0.2) is 72.8 Å². The summed E-state index contributed by atoms with van der Waals surface area (Å²) in [5.41, 5.74) is 4.80. The third-order valence-corrected chi connectivity index (χ3v) is 7.99. The number of amides is 2. The number of nitrogens with zero attached hydrogens (tertiary/aromatic N) is 2. The fourth-order valence-corrected chi connectivity index (χ4v) is 5.51. The van der Waals surface area contributed by atoms with Crippen LogP contribution >= 0.6 is 0 Å². The molecule has 3 aromatic carbocycles. The van der Waals surface area contributed by atoms with Crippen molar-refractivity contribution in [2.24, 2.45) is 0 Å². The van der Waals surface area contributed by atoms with Crippen molar-refractivity contribution in [3.63, 3.8) is 0 Å². The smallest absolute Gasteiger partial charge is 0.337 e. The predicted octanol–water partition coefficient (Wildman–Crippen LogP) is 4.98. The number of fused-ring (bicyclic) bond motifs is 1. The van der Waals surface area contributed by atoms with Crippen molar-refractivity contribution in [2.75, 3.05) is 57.1 Å². The molecule has 224 valence electrons. The molecule has 0 spiro atoms. The summed E-state index contributed by atoms with van der Waals surface area (Å²) in [4.78, 5) is 42.7. The number of hydrogen-bond acceptors (Lipinski definition) is 7. The van der Waals surface area contributed by atoms with E-state index in [9.17, 15) is 14.4 Å². The van der Waals surface area contributed by atoms with Gasteiger partial charge in [-0.3, -0.25) is 9.59 Å². The van der Waals surface area contributed by atoms with Gasteiger partial charge in [0.05, 0.1) is 42.3 Å². The number of methoxy groups -OCH3 is 1. The highest BCUT2D eigenvalue weighted by Gasteiger charge is 2.30. The van der Waals surface area contributed by atoms with Crippen molar-refractivity contribution in [3.05, 3.63) is 95.1 Å². The molecule has 3 aromatic rings. The number of esters is 1. The molecule has 2 aliphatic rings. The van der Waals surface area contributed by atoms with Gasteiger partial charge in [0.25, 0.3) is 11.8 Å². The second-order valence-corrected chi connectivity index (χ2v) is 10.6. The maximum atomic E-state index is 13.3. The van der Waals surface area contributed by atoms with Crippen LogP contribution in [0.4, 0.5) is 11.4 Å². The second-order valence-electron chi connectivity index (χ2n) is 10.6. The van der Waals surface area contributed by atoms with Crippen LogP contribution in [0.2, 0.25) is 0 Å². The second kappa shape index (κ2) is 13.7. The Balaban J connectivity index is 1.32. The van der Waals surface area contributed by atoms with Gasteiger partial charge >= 0.3 is 5.97 Å². The molecule has 2 aliphatic heterocycles. The van der Waals surface area contributed by atoms with Gasteiger partial charge in [-0.05, 0) is 61.5 Å². The van der Waals surface area contributed by atoms with E-state index in [0.717, 1.165) is 37.3 Å². The highest BCUT2D eigenvalue weighted by Crippen LogP contribution is 2.38. The summed E-state index contributed by atoms with van der Waals surface area (Å²) in [5.74, 6) is -0.774. The molecular formula is C34H38N4O5. The number of rotatable bonds is 11. The first kappa shape index (κ1) is 30.0. The molecule has 2 amide bonds. The summed E-state index contributed by atoms with van der Waals surface area (Å²) in [5, 5.41) is 6.30. The normalized spacial score (nSPS) is 17.1. The van der Waals surface area contributed by atoms with Gasteiger partial charge in [-0.25, -0.2) is 4.79 Å². The van der Waals surface area contributed by atoms with Crippen molar-refractivity contribution < 1.29 is 23.9 Å². The Labute approximate surface area is 252 Å². The van der Waals surface area contributed by atoms with Gasteiger partial charge in [-0.2, -0.15) is 0 Å². The molecule has 2 N–H and O–H groups in total. The molecule has 9 nitrogen and oxygen atoms in total. The van der Waals surface area contributed by atoms with Gasteiger partial charge in [0.2, 0.25) is 0 Å². The van der Waals surface area contributed by atoms with Crippen LogP contribution < -0.4 is 10.6 Å². The zero-order valence-electron chi connectivity index (χ0n) is 24.9. The molecule has 1 unspecified atom stereocenters. The third kappa shape index (κ3) is 6.79. The molecule has 9 heteroatoms. The maximum Gasteiger partial charge on any atom is 0.337 e. The zero-order valence-corrected chi connectivity index (χ0v) is 24.9. The van der Waals surface area contributed by atoms with Crippen molar-refractivity contribution in [1.82, 2.24) is 9.80 Å². The minimum Gasteiger partial charge on any atom is -0.465 e. The standard InChI is InChI=1S/C34H38N4O5/c1-4-37(5-2)19-20-43-27-17-18-38(22-27)33(40)24-11-14-26(15-12-24)35-31(23-9-7-6-8-10-23)30-28-16-13-25(34(41)42-3)21-29(28)36-32(30)39/h6-16,21,27,35H,4-5,17-20,22H2,1-3H3,(H,36,39)/b31-30-. The van der Waals surface area contributed by atoms with Gasteiger partial charge in [0, 0.05) is 36.4 Å². The highest BCUT2D eigenvalue weighted by molar-refractivity contribution is 6.37. The minimum atomic E-state index is -0.474. The lowest BCUT2D eigenvalue weighted by molar-refractivity contribution is -0.110. The van der Waals surface area contributed by atoms with Crippen molar-refractivity contribution in [3.8, 4) is 0 Å². The maximum absolute atomic E-state index is 13.3.